The Kier molecular flexibility index (Phi) is 4.34. The second-order valence-corrected chi connectivity index (χ2v) is 8.77. The highest BCUT2D eigenvalue weighted by atomic mass is 32.2. The van der Waals surface area contributed by atoms with E-state index < -0.39 is 50.4 Å². The van der Waals surface area contributed by atoms with Gasteiger partial charge in [0.2, 0.25) is 10.0 Å². The van der Waals surface area contributed by atoms with Crippen LogP contribution in [0.15, 0.2) is 64.7 Å². The smallest absolute Gasteiger partial charge is 0.397 e. The van der Waals surface area contributed by atoms with Crippen molar-refractivity contribution in [2.24, 2.45) is 5.73 Å². The summed E-state index contributed by atoms with van der Waals surface area (Å²) in [7, 11) is -4.67. The molecule has 2 unspecified atom stereocenters. The summed E-state index contributed by atoms with van der Waals surface area (Å²) >= 11 is 0. The lowest BCUT2D eigenvalue weighted by molar-refractivity contribution is -0.137. The number of sulfonamides is 1. The Hall–Kier alpha value is -2.79. The third-order valence-electron chi connectivity index (χ3n) is 5.31. The molecule has 0 saturated carbocycles. The molecule has 0 saturated heterocycles. The lowest BCUT2D eigenvalue weighted by Gasteiger charge is -2.39. The molecule has 0 aromatic heterocycles. The second-order valence-electron chi connectivity index (χ2n) is 6.93. The van der Waals surface area contributed by atoms with Gasteiger partial charge in [0, 0.05) is 11.8 Å². The van der Waals surface area contributed by atoms with Gasteiger partial charge >= 0.3 is 12.1 Å². The van der Waals surface area contributed by atoms with Gasteiger partial charge in [0.1, 0.15) is 6.04 Å². The van der Waals surface area contributed by atoms with Crippen molar-refractivity contribution in [2.45, 2.75) is 29.1 Å². The highest BCUT2D eigenvalue weighted by Gasteiger charge is 2.62. The molecular formula is C19H14F5N3O2S. The van der Waals surface area contributed by atoms with E-state index in [1.165, 1.54) is 18.2 Å². The highest BCUT2D eigenvalue weighted by molar-refractivity contribution is 7.89. The van der Waals surface area contributed by atoms with Crippen molar-refractivity contribution in [2.75, 3.05) is 0 Å². The third-order valence-corrected chi connectivity index (χ3v) is 7.16. The van der Waals surface area contributed by atoms with Gasteiger partial charge in [-0.3, -0.25) is 0 Å². The topological polar surface area (TPSA) is 87.2 Å². The number of alkyl halides is 5. The average molecular weight is 443 g/mol. The monoisotopic (exact) mass is 443 g/mol. The van der Waals surface area contributed by atoms with Crippen LogP contribution >= 0.6 is 0 Å². The van der Waals surface area contributed by atoms with Gasteiger partial charge in [-0.1, -0.05) is 24.3 Å². The van der Waals surface area contributed by atoms with E-state index in [2.05, 4.69) is 0 Å². The highest BCUT2D eigenvalue weighted by Crippen LogP contribution is 2.59. The molecule has 0 amide bonds. The molecule has 30 heavy (non-hydrogen) atoms. The van der Waals surface area contributed by atoms with E-state index in [4.69, 9.17) is 11.1 Å². The maximum absolute atomic E-state index is 15.2. The van der Waals surface area contributed by atoms with Gasteiger partial charge in [0.15, 0.2) is 0 Å². The van der Waals surface area contributed by atoms with Crippen molar-refractivity contribution in [1.29, 1.82) is 5.41 Å². The zero-order valence-electron chi connectivity index (χ0n) is 15.0. The van der Waals surface area contributed by atoms with Crippen LogP contribution in [0.4, 0.5) is 22.0 Å². The van der Waals surface area contributed by atoms with Crippen LogP contribution in [0.2, 0.25) is 0 Å². The van der Waals surface area contributed by atoms with E-state index in [1.54, 1.807) is 6.07 Å². The number of nitrogens with two attached hydrogens (primary N) is 1. The number of halogens is 5. The minimum Gasteiger partial charge on any atom is -0.397 e. The van der Waals surface area contributed by atoms with Crippen LogP contribution in [0.3, 0.4) is 0 Å². The first-order valence-electron chi connectivity index (χ1n) is 8.60. The third kappa shape index (κ3) is 2.68. The van der Waals surface area contributed by atoms with Gasteiger partial charge in [-0.2, -0.15) is 26.3 Å². The number of hydrogen-bond donors (Lipinski definition) is 2. The normalized spacial score (nSPS) is 23.4. The molecule has 3 N–H and O–H groups in total. The molecule has 2 bridgehead atoms. The molecule has 0 aliphatic carbocycles. The fourth-order valence-electron chi connectivity index (χ4n) is 3.95. The molecule has 11 heteroatoms. The lowest BCUT2D eigenvalue weighted by Crippen LogP contribution is -2.49. The van der Waals surface area contributed by atoms with Crippen LogP contribution < -0.4 is 5.73 Å². The Morgan fingerprint density at radius 1 is 1.03 bits per heavy atom. The van der Waals surface area contributed by atoms with Crippen LogP contribution in [0.25, 0.3) is 0 Å². The van der Waals surface area contributed by atoms with Crippen LogP contribution in [0, 0.1) is 5.41 Å². The molecule has 2 heterocycles. The van der Waals surface area contributed by atoms with Crippen LogP contribution in [0.5, 0.6) is 0 Å². The quantitative estimate of drug-likeness (QED) is 0.555. The summed E-state index contributed by atoms with van der Waals surface area (Å²) in [5, 5.41) is 7.55. The Bertz CT molecular complexity index is 1170. The molecule has 4 rings (SSSR count). The van der Waals surface area contributed by atoms with E-state index in [1.807, 2.05) is 0 Å². The first kappa shape index (κ1) is 20.5. The fourth-order valence-corrected chi connectivity index (χ4v) is 5.70. The van der Waals surface area contributed by atoms with Gasteiger partial charge in [-0.25, -0.2) is 8.42 Å². The molecule has 2 aromatic carbocycles. The second kappa shape index (κ2) is 6.35. The molecule has 158 valence electrons. The van der Waals surface area contributed by atoms with Crippen molar-refractivity contribution >= 4 is 16.2 Å². The van der Waals surface area contributed by atoms with Crippen LogP contribution in [-0.2, 0) is 16.2 Å². The molecule has 0 radical (unpaired) electrons. The van der Waals surface area contributed by atoms with E-state index >= 15 is 8.78 Å². The van der Waals surface area contributed by atoms with Gasteiger partial charge in [-0.15, -0.1) is 0 Å². The summed E-state index contributed by atoms with van der Waals surface area (Å²) in [6.45, 7) is 0. The summed E-state index contributed by atoms with van der Waals surface area (Å²) in [5.74, 6) is -3.82. The van der Waals surface area contributed by atoms with Crippen molar-refractivity contribution < 1.29 is 30.4 Å². The number of benzene rings is 2. The number of hydrogen-bond acceptors (Lipinski definition) is 4. The summed E-state index contributed by atoms with van der Waals surface area (Å²) in [6.07, 6.45) is -4.10. The summed E-state index contributed by atoms with van der Waals surface area (Å²) in [6, 6.07) is 5.18. The maximum atomic E-state index is 15.2. The van der Waals surface area contributed by atoms with Crippen molar-refractivity contribution in [3.63, 3.8) is 0 Å². The molecule has 2 aromatic rings. The predicted molar refractivity (Wildman–Crippen MR) is 97.3 cm³/mol. The molecule has 0 spiro atoms. The Labute approximate surface area is 168 Å². The molecule has 2 aliphatic heterocycles. The first-order chi connectivity index (χ1) is 13.9. The van der Waals surface area contributed by atoms with Crippen molar-refractivity contribution in [1.82, 2.24) is 4.31 Å². The number of rotatable bonds is 3. The lowest BCUT2D eigenvalue weighted by atomic mass is 9.96. The van der Waals surface area contributed by atoms with E-state index in [-0.39, 0.29) is 16.7 Å². The van der Waals surface area contributed by atoms with Gasteiger partial charge in [0.05, 0.1) is 22.2 Å². The maximum Gasteiger partial charge on any atom is 0.416 e. The summed E-state index contributed by atoms with van der Waals surface area (Å²) < 4.78 is 96.0. The van der Waals surface area contributed by atoms with Crippen molar-refractivity contribution in [3.05, 3.63) is 76.5 Å². The minimum absolute atomic E-state index is 0.0304. The zero-order valence-corrected chi connectivity index (χ0v) is 15.8. The molecule has 0 fully saturated rings. The van der Waals surface area contributed by atoms with Crippen LogP contribution in [-0.4, -0.2) is 24.9 Å². The average Bonchev–Trinajstić information content (AvgIpc) is 3.01. The number of fused-ring (bicyclic) bond motifs is 5. The largest absolute Gasteiger partial charge is 0.416 e. The zero-order chi connectivity index (χ0) is 22.1. The number of nitrogens with one attached hydrogen (secondary N) is 1. The minimum atomic E-state index is -4.68. The summed E-state index contributed by atoms with van der Waals surface area (Å²) in [5.41, 5.74) is 3.54. The fraction of sp³-hybridized carbons (Fsp3) is 0.211. The van der Waals surface area contributed by atoms with E-state index in [0.29, 0.717) is 22.7 Å². The Balaban J connectivity index is 1.92. The Morgan fingerprint density at radius 2 is 1.60 bits per heavy atom. The predicted octanol–water partition coefficient (Wildman–Crippen LogP) is 4.00. The van der Waals surface area contributed by atoms with Crippen LogP contribution in [0.1, 0.15) is 28.8 Å². The molecule has 2 aliphatic rings. The standard InChI is InChI=1S/C19H14F5N3O2S/c20-18(21)16(26)14(9-25)15-12-3-1-2-4-13(12)17(18)27(15)30(28,29)11-7-5-10(6-8-11)19(22,23)24/h1-9,15,17,25H,26H2. The van der Waals surface area contributed by atoms with Gasteiger partial charge < -0.3 is 11.1 Å². The van der Waals surface area contributed by atoms with E-state index in [0.717, 1.165) is 12.1 Å². The molecule has 5 nitrogen and oxygen atoms in total. The SMILES string of the molecule is N=CC1=C(N)C(F)(F)C2c3ccccc3C1N2S(=O)(=O)c1ccc(C(F)(F)F)cc1. The van der Waals surface area contributed by atoms with Gasteiger partial charge in [0.25, 0.3) is 0 Å². The Morgan fingerprint density at radius 3 is 2.13 bits per heavy atom. The summed E-state index contributed by atoms with van der Waals surface area (Å²) in [4.78, 5) is -0.570. The van der Waals surface area contributed by atoms with Gasteiger partial charge in [-0.05, 0) is 35.4 Å². The molecule has 2 atom stereocenters. The molecular weight excluding hydrogens is 429 g/mol. The first-order valence-corrected chi connectivity index (χ1v) is 10.0. The number of nitrogens with zero attached hydrogens (tertiary/aromatic N) is 1. The van der Waals surface area contributed by atoms with E-state index in [9.17, 15) is 21.6 Å². The van der Waals surface area contributed by atoms with Crippen molar-refractivity contribution in [3.8, 4) is 0 Å².